The number of rotatable bonds is 2. The van der Waals surface area contributed by atoms with Crippen LogP contribution in [-0.4, -0.2) is 10.2 Å². The van der Waals surface area contributed by atoms with Gasteiger partial charge in [0.1, 0.15) is 11.5 Å². The van der Waals surface area contributed by atoms with Gasteiger partial charge >= 0.3 is 0 Å². The van der Waals surface area contributed by atoms with Gasteiger partial charge in [-0.3, -0.25) is 0 Å². The van der Waals surface area contributed by atoms with Gasteiger partial charge < -0.3 is 10.2 Å². The maximum atomic E-state index is 9.86. The van der Waals surface area contributed by atoms with E-state index in [1.165, 1.54) is 0 Å². The van der Waals surface area contributed by atoms with Crippen molar-refractivity contribution in [2.24, 2.45) is 5.41 Å². The van der Waals surface area contributed by atoms with Gasteiger partial charge in [0, 0.05) is 5.56 Å². The minimum atomic E-state index is -0.242. The van der Waals surface area contributed by atoms with Crippen molar-refractivity contribution in [3.8, 4) is 11.5 Å². The van der Waals surface area contributed by atoms with E-state index in [2.05, 4.69) is 20.8 Å². The lowest BCUT2D eigenvalue weighted by Crippen LogP contribution is -2.25. The topological polar surface area (TPSA) is 40.5 Å². The van der Waals surface area contributed by atoms with Gasteiger partial charge in [0.25, 0.3) is 0 Å². The highest BCUT2D eigenvalue weighted by Gasteiger charge is 2.31. The van der Waals surface area contributed by atoms with E-state index in [1.54, 1.807) is 18.2 Å². The molecule has 2 N–H and O–H groups in total. The Morgan fingerprint density at radius 1 is 0.938 bits per heavy atom. The van der Waals surface area contributed by atoms with Gasteiger partial charge in [-0.25, -0.2) is 0 Å². The quantitative estimate of drug-likeness (QED) is 0.798. The number of phenolic OH excluding ortho intramolecular Hbond substituents is 2. The van der Waals surface area contributed by atoms with Crippen LogP contribution in [0.15, 0.2) is 18.2 Å². The van der Waals surface area contributed by atoms with Crippen molar-refractivity contribution in [3.63, 3.8) is 0 Å². The molecular weight excluding hydrogens is 200 g/mol. The Bertz CT molecular complexity index is 353. The van der Waals surface area contributed by atoms with Crippen LogP contribution in [-0.2, 0) is 5.41 Å². The predicted octanol–water partition coefficient (Wildman–Crippen LogP) is 3.81. The molecule has 0 aliphatic rings. The van der Waals surface area contributed by atoms with Crippen LogP contribution in [0.2, 0.25) is 0 Å². The number of hydrogen-bond donors (Lipinski definition) is 2. The number of hydrogen-bond acceptors (Lipinski definition) is 2. The van der Waals surface area contributed by atoms with Crippen LogP contribution in [0.1, 0.15) is 46.6 Å². The van der Waals surface area contributed by atoms with E-state index in [4.69, 9.17) is 0 Å². The summed E-state index contributed by atoms with van der Waals surface area (Å²) in [7, 11) is 0. The molecule has 16 heavy (non-hydrogen) atoms. The first-order chi connectivity index (χ1) is 7.13. The first-order valence-corrected chi connectivity index (χ1v) is 5.65. The molecule has 2 nitrogen and oxygen atoms in total. The van der Waals surface area contributed by atoms with E-state index in [9.17, 15) is 10.2 Å². The Labute approximate surface area is 97.9 Å². The summed E-state index contributed by atoms with van der Waals surface area (Å²) in [4.78, 5) is 0. The van der Waals surface area contributed by atoms with Crippen molar-refractivity contribution >= 4 is 0 Å². The average Bonchev–Trinajstić information content (AvgIpc) is 1.97. The van der Waals surface area contributed by atoms with E-state index in [0.29, 0.717) is 5.56 Å². The first-order valence-electron chi connectivity index (χ1n) is 5.65. The van der Waals surface area contributed by atoms with Gasteiger partial charge in [0.2, 0.25) is 0 Å². The Morgan fingerprint density at radius 3 is 1.75 bits per heavy atom. The highest BCUT2D eigenvalue weighted by atomic mass is 16.3. The molecule has 0 radical (unpaired) electrons. The van der Waals surface area contributed by atoms with Crippen molar-refractivity contribution in [2.75, 3.05) is 0 Å². The van der Waals surface area contributed by atoms with Crippen molar-refractivity contribution in [3.05, 3.63) is 23.8 Å². The van der Waals surface area contributed by atoms with E-state index in [1.807, 2.05) is 13.8 Å². The van der Waals surface area contributed by atoms with Crippen LogP contribution >= 0.6 is 0 Å². The molecule has 0 bridgehead atoms. The molecular formula is C14H22O2. The first kappa shape index (κ1) is 12.9. The minimum Gasteiger partial charge on any atom is -0.508 e. The second kappa shape index (κ2) is 4.00. The number of aromatic hydroxyl groups is 2. The molecule has 1 aromatic carbocycles. The zero-order valence-corrected chi connectivity index (χ0v) is 10.8. The fraction of sp³-hybridized carbons (Fsp3) is 0.571. The van der Waals surface area contributed by atoms with Gasteiger partial charge in [-0.15, -0.1) is 0 Å². The summed E-state index contributed by atoms with van der Waals surface area (Å²) >= 11 is 0. The Balaban J connectivity index is 3.16. The Kier molecular flexibility index (Phi) is 3.22. The minimum absolute atomic E-state index is 0.151. The lowest BCUT2D eigenvalue weighted by Gasteiger charge is -2.33. The monoisotopic (exact) mass is 222 g/mol. The SMILES string of the molecule is CC(C)(C)CC(C)(C)c1c(O)cccc1O. The predicted molar refractivity (Wildman–Crippen MR) is 66.9 cm³/mol. The van der Waals surface area contributed by atoms with Crippen molar-refractivity contribution < 1.29 is 10.2 Å². The molecule has 0 fully saturated rings. The summed E-state index contributed by atoms with van der Waals surface area (Å²) in [5.41, 5.74) is 0.552. The second-order valence-corrected chi connectivity index (χ2v) is 6.29. The normalized spacial score (nSPS) is 12.8. The third kappa shape index (κ3) is 2.91. The maximum Gasteiger partial charge on any atom is 0.123 e. The second-order valence-electron chi connectivity index (χ2n) is 6.29. The fourth-order valence-electron chi connectivity index (χ4n) is 2.64. The van der Waals surface area contributed by atoms with Gasteiger partial charge in [-0.05, 0) is 29.4 Å². The molecule has 1 aromatic rings. The average molecular weight is 222 g/mol. The summed E-state index contributed by atoms with van der Waals surface area (Å²) < 4.78 is 0. The van der Waals surface area contributed by atoms with E-state index < -0.39 is 0 Å². The van der Waals surface area contributed by atoms with Crippen LogP contribution in [0.4, 0.5) is 0 Å². The van der Waals surface area contributed by atoms with Gasteiger partial charge in [0.15, 0.2) is 0 Å². The van der Waals surface area contributed by atoms with Gasteiger partial charge in [-0.1, -0.05) is 40.7 Å². The van der Waals surface area contributed by atoms with Crippen molar-refractivity contribution in [1.82, 2.24) is 0 Å². The van der Waals surface area contributed by atoms with E-state index >= 15 is 0 Å². The third-order valence-electron chi connectivity index (χ3n) is 2.67. The molecule has 0 aliphatic heterocycles. The Hall–Kier alpha value is -1.18. The lowest BCUT2D eigenvalue weighted by atomic mass is 9.72. The van der Waals surface area contributed by atoms with Crippen LogP contribution in [0.25, 0.3) is 0 Å². The largest absolute Gasteiger partial charge is 0.508 e. The van der Waals surface area contributed by atoms with Crippen molar-refractivity contribution in [2.45, 2.75) is 46.5 Å². The van der Waals surface area contributed by atoms with Crippen LogP contribution in [0, 0.1) is 5.41 Å². The zero-order chi connectivity index (χ0) is 12.6. The molecule has 0 heterocycles. The molecule has 1 rings (SSSR count). The van der Waals surface area contributed by atoms with Gasteiger partial charge in [0.05, 0.1) is 0 Å². The molecule has 0 unspecified atom stereocenters. The van der Waals surface area contributed by atoms with Gasteiger partial charge in [-0.2, -0.15) is 0 Å². The highest BCUT2D eigenvalue weighted by Crippen LogP contribution is 2.43. The summed E-state index contributed by atoms with van der Waals surface area (Å²) in [6.07, 6.45) is 0.894. The Morgan fingerprint density at radius 2 is 1.38 bits per heavy atom. The third-order valence-corrected chi connectivity index (χ3v) is 2.67. The smallest absolute Gasteiger partial charge is 0.123 e. The standard InChI is InChI=1S/C14H22O2/c1-13(2,3)9-14(4,5)12-10(15)7-6-8-11(12)16/h6-8,15-16H,9H2,1-5H3. The number of benzene rings is 1. The van der Waals surface area contributed by atoms with Crippen LogP contribution in [0.3, 0.4) is 0 Å². The van der Waals surface area contributed by atoms with Crippen LogP contribution in [0.5, 0.6) is 11.5 Å². The van der Waals surface area contributed by atoms with E-state index in [0.717, 1.165) is 6.42 Å². The van der Waals surface area contributed by atoms with Crippen LogP contribution < -0.4 is 0 Å². The zero-order valence-electron chi connectivity index (χ0n) is 10.8. The molecule has 90 valence electrons. The fourth-order valence-corrected chi connectivity index (χ4v) is 2.64. The summed E-state index contributed by atoms with van der Waals surface area (Å²) in [6.45, 7) is 10.6. The molecule has 0 amide bonds. The molecule has 2 heteroatoms. The van der Waals surface area contributed by atoms with Crippen molar-refractivity contribution in [1.29, 1.82) is 0 Å². The number of phenols is 2. The van der Waals surface area contributed by atoms with E-state index in [-0.39, 0.29) is 22.3 Å². The molecule has 0 aliphatic carbocycles. The maximum absolute atomic E-state index is 9.86. The molecule has 0 atom stereocenters. The molecule has 0 saturated carbocycles. The molecule has 0 aromatic heterocycles. The summed E-state index contributed by atoms with van der Waals surface area (Å²) in [5, 5.41) is 19.7. The summed E-state index contributed by atoms with van der Waals surface area (Å²) in [5.74, 6) is 0.350. The molecule has 0 spiro atoms. The highest BCUT2D eigenvalue weighted by molar-refractivity contribution is 5.47. The lowest BCUT2D eigenvalue weighted by molar-refractivity contribution is 0.272. The molecule has 0 saturated heterocycles. The summed E-state index contributed by atoms with van der Waals surface area (Å²) in [6, 6.07) is 4.90.